The van der Waals surface area contributed by atoms with Crippen molar-refractivity contribution < 1.29 is 65.4 Å². The third-order valence-corrected chi connectivity index (χ3v) is 12.6. The zero-order valence-corrected chi connectivity index (χ0v) is 42.9. The van der Waals surface area contributed by atoms with Crippen LogP contribution in [0.5, 0.6) is 11.5 Å². The summed E-state index contributed by atoms with van der Waals surface area (Å²) in [6.45, 7) is 2.17. The topological polar surface area (TPSA) is 213 Å². The van der Waals surface area contributed by atoms with Crippen LogP contribution in [-0.4, -0.2) is 97.6 Å². The second-order valence-corrected chi connectivity index (χ2v) is 19.9. The molecule has 1 saturated heterocycles. The Bertz CT molecular complexity index is 1860. The third kappa shape index (κ3) is 25.5. The van der Waals surface area contributed by atoms with Crippen molar-refractivity contribution in [1.29, 1.82) is 0 Å². The lowest BCUT2D eigenvalue weighted by Gasteiger charge is -2.43. The molecule has 0 aliphatic carbocycles. The molecule has 0 aromatic heterocycles. The third-order valence-electron chi connectivity index (χ3n) is 11.3. The zero-order valence-electron chi connectivity index (χ0n) is 39.1. The predicted molar refractivity (Wildman–Crippen MR) is 262 cm³/mol. The number of aliphatic hydroxyl groups excluding tert-OH is 2. The van der Waals surface area contributed by atoms with E-state index in [0.717, 1.165) is 77.0 Å². The lowest BCUT2D eigenvalue weighted by molar-refractivity contribution is -0.254. The van der Waals surface area contributed by atoms with Gasteiger partial charge in [-0.05, 0) is 74.9 Å². The quantitative estimate of drug-likeness (QED) is 0.0284. The minimum Gasteiger partial charge on any atom is -0.493 e. The number of carbonyl (C=O) groups excluding carboxylic acids is 3. The number of rotatable bonds is 36. The van der Waals surface area contributed by atoms with Gasteiger partial charge in [0, 0.05) is 32.9 Å². The number of ether oxygens (including phenoxy) is 5. The largest absolute Gasteiger partial charge is 0.493 e. The van der Waals surface area contributed by atoms with Gasteiger partial charge in [-0.25, -0.2) is 4.18 Å². The number of nitrogens with one attached hydrogen (secondary N) is 1. The smallest absolute Gasteiger partial charge is 0.397 e. The lowest BCUT2D eigenvalue weighted by Crippen LogP contribution is -2.67. The Morgan fingerprint density at radius 3 is 1.56 bits per heavy atom. The summed E-state index contributed by atoms with van der Waals surface area (Å²) in [5, 5.41) is 25.6. The highest BCUT2D eigenvalue weighted by atomic mass is 35.5. The molecule has 1 fully saturated rings. The molecule has 0 saturated carbocycles. The van der Waals surface area contributed by atoms with Gasteiger partial charge in [0.25, 0.3) is 5.91 Å². The van der Waals surface area contributed by atoms with Crippen LogP contribution in [0.3, 0.4) is 0 Å². The number of amides is 1. The molecular formula is C48H71Cl4NO14S. The number of benzene rings is 2. The number of halogens is 4. The first-order chi connectivity index (χ1) is 32.6. The molecule has 2 aromatic rings. The van der Waals surface area contributed by atoms with E-state index in [9.17, 15) is 37.6 Å². The summed E-state index contributed by atoms with van der Waals surface area (Å²) in [5.41, 5.74) is 0. The Labute approximate surface area is 422 Å². The molecular weight excluding hydrogens is 988 g/mol. The van der Waals surface area contributed by atoms with Gasteiger partial charge in [0.2, 0.25) is 0 Å². The molecule has 20 heteroatoms. The second kappa shape index (κ2) is 33.9. The molecule has 386 valence electrons. The van der Waals surface area contributed by atoms with E-state index in [4.69, 9.17) is 74.3 Å². The molecule has 4 N–H and O–H groups in total. The van der Waals surface area contributed by atoms with Crippen LogP contribution in [0, 0.1) is 0 Å². The lowest BCUT2D eigenvalue weighted by atomic mass is 9.96. The van der Waals surface area contributed by atoms with Crippen LogP contribution in [0.4, 0.5) is 0 Å². The minimum absolute atomic E-state index is 0.0449. The monoisotopic (exact) mass is 1060 g/mol. The Hall–Kier alpha value is -2.64. The van der Waals surface area contributed by atoms with Crippen molar-refractivity contribution in [3.63, 3.8) is 0 Å². The highest BCUT2D eigenvalue weighted by Crippen LogP contribution is 2.29. The van der Waals surface area contributed by atoms with E-state index in [0.29, 0.717) is 70.5 Å². The molecule has 15 nitrogen and oxygen atoms in total. The number of esters is 2. The normalized spacial score (nSPS) is 18.7. The highest BCUT2D eigenvalue weighted by molar-refractivity contribution is 7.80. The van der Waals surface area contributed by atoms with Gasteiger partial charge >= 0.3 is 22.3 Å². The molecule has 1 aliphatic heterocycles. The summed E-state index contributed by atoms with van der Waals surface area (Å²) in [4.78, 5) is 40.4. The molecule has 1 heterocycles. The van der Waals surface area contributed by atoms with Crippen molar-refractivity contribution >= 4 is 74.6 Å². The highest BCUT2D eigenvalue weighted by Gasteiger charge is 2.51. The fourth-order valence-electron chi connectivity index (χ4n) is 7.77. The number of aliphatic hydroxyl groups is 2. The van der Waals surface area contributed by atoms with E-state index < -0.39 is 71.6 Å². The first-order valence-electron chi connectivity index (χ1n) is 24.1. The van der Waals surface area contributed by atoms with Crippen molar-refractivity contribution in [1.82, 2.24) is 5.32 Å². The Morgan fingerprint density at radius 2 is 1.09 bits per heavy atom. The number of hydrogen-bond donors (Lipinski definition) is 4. The van der Waals surface area contributed by atoms with Crippen LogP contribution in [0.25, 0.3) is 0 Å². The summed E-state index contributed by atoms with van der Waals surface area (Å²) >= 11 is 24.1. The van der Waals surface area contributed by atoms with E-state index in [1.165, 1.54) is 25.7 Å². The minimum atomic E-state index is -5.24. The summed E-state index contributed by atoms with van der Waals surface area (Å²) in [7, 11) is -5.24. The molecule has 1 amide bonds. The average Bonchev–Trinajstić information content (AvgIpc) is 3.26. The number of hydrogen-bond acceptors (Lipinski definition) is 13. The maximum Gasteiger partial charge on any atom is 0.397 e. The summed E-state index contributed by atoms with van der Waals surface area (Å²) in [6, 6.07) is 8.28. The van der Waals surface area contributed by atoms with E-state index in [-0.39, 0.29) is 19.3 Å². The average molecular weight is 1060 g/mol. The summed E-state index contributed by atoms with van der Waals surface area (Å²) in [5.74, 6) is -1.13. The van der Waals surface area contributed by atoms with Gasteiger partial charge in [0.1, 0.15) is 29.7 Å². The number of unbranched alkanes of at least 4 members (excludes halogenated alkanes) is 17. The maximum atomic E-state index is 14.0. The van der Waals surface area contributed by atoms with E-state index in [2.05, 4.69) is 12.2 Å². The van der Waals surface area contributed by atoms with Crippen molar-refractivity contribution in [2.45, 2.75) is 191 Å². The van der Waals surface area contributed by atoms with Gasteiger partial charge in [0.15, 0.2) is 18.5 Å². The first kappa shape index (κ1) is 59.7. The molecule has 3 rings (SSSR count). The zero-order chi connectivity index (χ0) is 49.7. The molecule has 0 spiro atoms. The van der Waals surface area contributed by atoms with E-state index in [1.807, 2.05) is 0 Å². The van der Waals surface area contributed by atoms with Gasteiger partial charge in [-0.15, -0.1) is 0 Å². The second-order valence-electron chi connectivity index (χ2n) is 17.1. The van der Waals surface area contributed by atoms with Crippen molar-refractivity contribution in [2.24, 2.45) is 0 Å². The Kier molecular flexibility index (Phi) is 29.7. The van der Waals surface area contributed by atoms with Crippen LogP contribution in [0.2, 0.25) is 20.1 Å². The molecule has 6 atom stereocenters. The van der Waals surface area contributed by atoms with Gasteiger partial charge in [0.05, 0.1) is 19.8 Å². The Balaban J connectivity index is 1.59. The molecule has 1 aliphatic rings. The van der Waals surface area contributed by atoms with Crippen LogP contribution >= 0.6 is 46.4 Å². The van der Waals surface area contributed by atoms with E-state index in [1.54, 1.807) is 36.4 Å². The SMILES string of the molecule is CCCCCCCCCCCCC(OC(=O)CCCCCCCOc1cc(Cl)cc(Cl)c1)C(=O)N[C@H]1C(O)O[C@H](CO)[C@@H](OS(=O)(=O)O)[C@@H]1OC(=O)CCCCCCCOc1cc(Cl)cc(Cl)c1. The fraction of sp³-hybridized carbons (Fsp3) is 0.688. The van der Waals surface area contributed by atoms with Crippen molar-refractivity contribution in [3.05, 3.63) is 56.5 Å². The van der Waals surface area contributed by atoms with E-state index >= 15 is 0 Å². The molecule has 0 bridgehead atoms. The molecule has 2 unspecified atom stereocenters. The molecule has 2 aromatic carbocycles. The fourth-order valence-corrected chi connectivity index (χ4v) is 9.30. The maximum absolute atomic E-state index is 14.0. The van der Waals surface area contributed by atoms with Gasteiger partial charge < -0.3 is 39.2 Å². The molecule has 68 heavy (non-hydrogen) atoms. The summed E-state index contributed by atoms with van der Waals surface area (Å²) in [6.07, 6.45) is 8.85. The van der Waals surface area contributed by atoms with Gasteiger partial charge in [-0.1, -0.05) is 150 Å². The Morgan fingerprint density at radius 1 is 0.647 bits per heavy atom. The summed E-state index contributed by atoms with van der Waals surface area (Å²) < 4.78 is 66.7. The van der Waals surface area contributed by atoms with Crippen LogP contribution in [0.15, 0.2) is 36.4 Å². The van der Waals surface area contributed by atoms with Gasteiger partial charge in [-0.2, -0.15) is 8.42 Å². The standard InChI is InChI=1S/C48H71Cl4NO14S/c1-2-3-4-5-6-7-8-9-12-17-22-40(64-42(55)23-18-13-10-15-20-25-62-38-29-34(49)27-35(50)30-38)47(57)53-44-46(45(67-68(59,60)61)41(33-54)65-48(44)58)66-43(56)24-19-14-11-16-21-26-63-39-31-36(51)28-37(52)32-39/h27-32,40-41,44-46,48,54,58H,2-26,33H2,1H3,(H,53,57)(H,59,60,61)/t40?,41-,44-,45-,46-,48?/m1/s1. The van der Waals surface area contributed by atoms with Gasteiger partial charge in [-0.3, -0.25) is 18.9 Å². The predicted octanol–water partition coefficient (Wildman–Crippen LogP) is 11.0. The van der Waals surface area contributed by atoms with Crippen LogP contribution in [0.1, 0.15) is 155 Å². The van der Waals surface area contributed by atoms with Crippen molar-refractivity contribution in [2.75, 3.05) is 19.8 Å². The number of carbonyl (C=O) groups is 3. The van der Waals surface area contributed by atoms with Crippen molar-refractivity contribution in [3.8, 4) is 11.5 Å². The van der Waals surface area contributed by atoms with Crippen LogP contribution in [-0.2, 0) is 43.2 Å². The van der Waals surface area contributed by atoms with Crippen LogP contribution < -0.4 is 14.8 Å². The molecule has 0 radical (unpaired) electrons. The first-order valence-corrected chi connectivity index (χ1v) is 26.9.